The number of anilines is 1. The summed E-state index contributed by atoms with van der Waals surface area (Å²) in [5.41, 5.74) is 0.313. The van der Waals surface area contributed by atoms with Crippen LogP contribution in [0.25, 0.3) is 10.1 Å². The number of carbonyl (C=O) groups is 2. The van der Waals surface area contributed by atoms with Gasteiger partial charge in [-0.3, -0.25) is 4.79 Å². The van der Waals surface area contributed by atoms with E-state index in [0.29, 0.717) is 37.4 Å². The molecule has 0 spiro atoms. The molecule has 1 aromatic carbocycles. The van der Waals surface area contributed by atoms with E-state index in [9.17, 15) is 14.7 Å². The number of rotatable bonds is 10. The van der Waals surface area contributed by atoms with Gasteiger partial charge < -0.3 is 24.8 Å². The van der Waals surface area contributed by atoms with Crippen molar-refractivity contribution in [3.8, 4) is 5.75 Å². The topological polar surface area (TPSA) is 89.3 Å². The molecule has 1 atom stereocenters. The number of benzene rings is 1. The third-order valence-corrected chi connectivity index (χ3v) is 6.22. The molecule has 1 amide bonds. The fourth-order valence-corrected chi connectivity index (χ4v) is 4.82. The summed E-state index contributed by atoms with van der Waals surface area (Å²) in [5, 5.41) is 14.1. The predicted octanol–water partition coefficient (Wildman–Crippen LogP) is 2.46. The van der Waals surface area contributed by atoms with Crippen LogP contribution in [0.4, 0.5) is 5.00 Å². The molecule has 2 aromatic rings. The molecule has 9 heteroatoms. The van der Waals surface area contributed by atoms with Crippen molar-refractivity contribution in [2.75, 3.05) is 38.2 Å². The van der Waals surface area contributed by atoms with E-state index in [1.54, 1.807) is 19.1 Å². The van der Waals surface area contributed by atoms with Crippen LogP contribution in [-0.2, 0) is 9.53 Å². The van der Waals surface area contributed by atoms with Crippen LogP contribution in [0.15, 0.2) is 16.6 Å². The van der Waals surface area contributed by atoms with Crippen molar-refractivity contribution in [2.45, 2.75) is 33.8 Å². The molecule has 0 saturated heterocycles. The van der Waals surface area contributed by atoms with E-state index in [-0.39, 0.29) is 19.1 Å². The molecule has 0 bridgehead atoms. The van der Waals surface area contributed by atoms with E-state index < -0.39 is 12.1 Å². The number of esters is 1. The van der Waals surface area contributed by atoms with Crippen molar-refractivity contribution in [1.29, 1.82) is 0 Å². The van der Waals surface area contributed by atoms with Gasteiger partial charge in [0.2, 0.25) is 5.91 Å². The number of carbonyl (C=O) groups excluding carboxylic acids is 2. The Bertz CT molecular complexity index is 866. The number of halogens is 1. The second-order valence-electron chi connectivity index (χ2n) is 6.59. The van der Waals surface area contributed by atoms with Crippen molar-refractivity contribution in [2.24, 2.45) is 0 Å². The number of aliphatic hydroxyl groups excluding tert-OH is 1. The molecule has 1 heterocycles. The molecule has 0 aliphatic heterocycles. The second kappa shape index (κ2) is 10.9. The number of thiophene rings is 1. The maximum absolute atomic E-state index is 12.5. The Morgan fingerprint density at radius 3 is 2.55 bits per heavy atom. The lowest BCUT2D eigenvalue weighted by Gasteiger charge is -2.20. The van der Waals surface area contributed by atoms with Crippen LogP contribution in [-0.4, -0.2) is 55.9 Å². The lowest BCUT2D eigenvalue weighted by molar-refractivity contribution is -0.899. The second-order valence-corrected chi connectivity index (χ2v) is 8.46. The van der Waals surface area contributed by atoms with E-state index in [4.69, 9.17) is 9.47 Å². The van der Waals surface area contributed by atoms with E-state index in [1.807, 2.05) is 0 Å². The van der Waals surface area contributed by atoms with Crippen molar-refractivity contribution in [3.63, 3.8) is 0 Å². The molecular weight excluding hydrogens is 460 g/mol. The third-order valence-electron chi connectivity index (χ3n) is 4.48. The van der Waals surface area contributed by atoms with E-state index >= 15 is 0 Å². The summed E-state index contributed by atoms with van der Waals surface area (Å²) in [6, 6.07) is 3.57. The van der Waals surface area contributed by atoms with Gasteiger partial charge in [0.15, 0.2) is 5.75 Å². The Morgan fingerprint density at radius 2 is 1.97 bits per heavy atom. The minimum Gasteiger partial charge on any atom is -0.488 e. The summed E-state index contributed by atoms with van der Waals surface area (Å²) in [7, 11) is 0. The van der Waals surface area contributed by atoms with Gasteiger partial charge in [-0.15, -0.1) is 11.3 Å². The number of aliphatic hydroxyl groups is 1. The molecule has 1 aromatic heterocycles. The molecule has 0 aliphatic rings. The molecule has 0 saturated carbocycles. The molecule has 29 heavy (non-hydrogen) atoms. The highest BCUT2D eigenvalue weighted by molar-refractivity contribution is 9.10. The molecule has 0 aliphatic carbocycles. The van der Waals surface area contributed by atoms with Gasteiger partial charge in [-0.1, -0.05) is 6.07 Å². The molecule has 0 radical (unpaired) electrons. The molecule has 3 N–H and O–H groups in total. The standard InChI is InChI=1S/C20H27BrN2O5S/c1-5-23(6-2)10-13(25)11-28-17-15(21)9-8-14-16(20(26)27-7-3)19(22-12(4)24)29-18(14)17/h8-9,13,25H,5-7,10-11H2,1-4H3,(H,22,24)/p+1/t13-/m1/s1. The highest BCUT2D eigenvalue weighted by Gasteiger charge is 2.24. The fourth-order valence-electron chi connectivity index (χ4n) is 3.01. The van der Waals surface area contributed by atoms with E-state index in [2.05, 4.69) is 35.1 Å². The third kappa shape index (κ3) is 5.91. The number of hydrogen-bond acceptors (Lipinski definition) is 6. The van der Waals surface area contributed by atoms with Gasteiger partial charge in [-0.05, 0) is 42.8 Å². The number of amides is 1. The minimum absolute atomic E-state index is 0.128. The maximum Gasteiger partial charge on any atom is 0.341 e. The molecular formula is C20H28BrN2O5S+. The Kier molecular flexibility index (Phi) is 8.88. The van der Waals surface area contributed by atoms with Crippen LogP contribution in [0.1, 0.15) is 38.1 Å². The summed E-state index contributed by atoms with van der Waals surface area (Å²) >= 11 is 4.74. The molecule has 0 fully saturated rings. The normalized spacial score (nSPS) is 12.2. The Labute approximate surface area is 183 Å². The minimum atomic E-state index is -0.619. The van der Waals surface area contributed by atoms with Crippen LogP contribution >= 0.6 is 27.3 Å². The molecule has 7 nitrogen and oxygen atoms in total. The average Bonchev–Trinajstić information content (AvgIpc) is 3.02. The SMILES string of the molecule is CCOC(=O)c1c(NC(C)=O)sc2c(OC[C@H](O)C[NH+](CC)CC)c(Br)ccc12. The van der Waals surface area contributed by atoms with Gasteiger partial charge in [-0.25, -0.2) is 4.79 Å². The maximum atomic E-state index is 12.5. The lowest BCUT2D eigenvalue weighted by atomic mass is 10.1. The lowest BCUT2D eigenvalue weighted by Crippen LogP contribution is -3.12. The van der Waals surface area contributed by atoms with Crippen molar-refractivity contribution in [1.82, 2.24) is 0 Å². The van der Waals surface area contributed by atoms with Gasteiger partial charge in [0.1, 0.15) is 29.8 Å². The van der Waals surface area contributed by atoms with Gasteiger partial charge in [-0.2, -0.15) is 0 Å². The summed E-state index contributed by atoms with van der Waals surface area (Å²) in [6.07, 6.45) is -0.619. The van der Waals surface area contributed by atoms with Crippen molar-refractivity contribution in [3.05, 3.63) is 22.2 Å². The van der Waals surface area contributed by atoms with Crippen molar-refractivity contribution >= 4 is 54.2 Å². The molecule has 0 unspecified atom stereocenters. The molecule has 2 rings (SSSR count). The largest absolute Gasteiger partial charge is 0.488 e. The quantitative estimate of drug-likeness (QED) is 0.448. The first-order chi connectivity index (χ1) is 13.8. The number of ether oxygens (including phenoxy) is 2. The van der Waals surface area contributed by atoms with Gasteiger partial charge in [0.25, 0.3) is 0 Å². The Morgan fingerprint density at radius 1 is 1.28 bits per heavy atom. The number of nitrogens with one attached hydrogen (secondary N) is 2. The highest BCUT2D eigenvalue weighted by atomic mass is 79.9. The van der Waals surface area contributed by atoms with Crippen LogP contribution in [0.5, 0.6) is 5.75 Å². The zero-order valence-corrected chi connectivity index (χ0v) is 19.5. The number of fused-ring (bicyclic) bond motifs is 1. The number of hydrogen-bond donors (Lipinski definition) is 3. The van der Waals surface area contributed by atoms with Crippen LogP contribution in [0, 0.1) is 0 Å². The first kappa shape index (κ1) is 23.6. The smallest absolute Gasteiger partial charge is 0.341 e. The predicted molar refractivity (Wildman–Crippen MR) is 118 cm³/mol. The summed E-state index contributed by atoms with van der Waals surface area (Å²) in [4.78, 5) is 25.4. The van der Waals surface area contributed by atoms with E-state index in [1.165, 1.54) is 23.2 Å². The van der Waals surface area contributed by atoms with Crippen molar-refractivity contribution < 1.29 is 29.1 Å². The van der Waals surface area contributed by atoms with E-state index in [0.717, 1.165) is 13.1 Å². The zero-order chi connectivity index (χ0) is 21.6. The first-order valence-electron chi connectivity index (χ1n) is 9.66. The molecule has 160 valence electrons. The monoisotopic (exact) mass is 487 g/mol. The average molecular weight is 488 g/mol. The summed E-state index contributed by atoms with van der Waals surface area (Å²) < 4.78 is 12.5. The van der Waals surface area contributed by atoms with Crippen LogP contribution in [0.3, 0.4) is 0 Å². The number of likely N-dealkylation sites (N-methyl/N-ethyl adjacent to an activating group) is 1. The van der Waals surface area contributed by atoms with Crippen LogP contribution in [0.2, 0.25) is 0 Å². The van der Waals surface area contributed by atoms with Crippen LogP contribution < -0.4 is 15.0 Å². The number of quaternary nitrogens is 1. The first-order valence-corrected chi connectivity index (χ1v) is 11.3. The highest BCUT2D eigenvalue weighted by Crippen LogP contribution is 2.44. The summed E-state index contributed by atoms with van der Waals surface area (Å²) in [6.45, 7) is 10.1. The van der Waals surface area contributed by atoms with Gasteiger partial charge in [0.05, 0.1) is 28.9 Å². The Hall–Kier alpha value is -1.68. The summed E-state index contributed by atoms with van der Waals surface area (Å²) in [5.74, 6) is -0.245. The van der Waals surface area contributed by atoms with Gasteiger partial charge in [0, 0.05) is 12.3 Å². The zero-order valence-electron chi connectivity index (χ0n) is 17.1. The van der Waals surface area contributed by atoms with Gasteiger partial charge >= 0.3 is 5.97 Å². The Balaban J connectivity index is 2.39. The fraction of sp³-hybridized carbons (Fsp3) is 0.500.